The molecule has 0 aliphatic carbocycles. The lowest BCUT2D eigenvalue weighted by Crippen LogP contribution is -2.21. The van der Waals surface area contributed by atoms with Crippen molar-refractivity contribution in [2.75, 3.05) is 5.73 Å². The molecule has 0 spiro atoms. The smallest absolute Gasteiger partial charge is 0.251 e. The first-order valence-electron chi connectivity index (χ1n) is 7.98. The van der Waals surface area contributed by atoms with Crippen molar-refractivity contribution in [1.29, 1.82) is 0 Å². The van der Waals surface area contributed by atoms with Crippen LogP contribution in [0.15, 0.2) is 59.5 Å². The lowest BCUT2D eigenvalue weighted by molar-refractivity contribution is 0.751. The van der Waals surface area contributed by atoms with Gasteiger partial charge in [0.05, 0.1) is 29.0 Å². The summed E-state index contributed by atoms with van der Waals surface area (Å²) in [6.07, 6.45) is 1.72. The zero-order valence-electron chi connectivity index (χ0n) is 13.7. The summed E-state index contributed by atoms with van der Waals surface area (Å²) < 4.78 is 1.70. The van der Waals surface area contributed by atoms with E-state index in [4.69, 9.17) is 5.73 Å². The summed E-state index contributed by atoms with van der Waals surface area (Å²) in [6, 6.07) is 14.7. The average Bonchev–Trinajstić information content (AvgIpc) is 2.99. The molecule has 6 nitrogen and oxygen atoms in total. The Morgan fingerprint density at radius 1 is 1.16 bits per heavy atom. The second kappa shape index (κ2) is 5.90. The van der Waals surface area contributed by atoms with Crippen LogP contribution < -0.4 is 11.3 Å². The quantitative estimate of drug-likeness (QED) is 0.604. The molecule has 0 fully saturated rings. The fourth-order valence-electron chi connectivity index (χ4n) is 2.90. The summed E-state index contributed by atoms with van der Waals surface area (Å²) in [4.78, 5) is 24.5. The van der Waals surface area contributed by atoms with Crippen LogP contribution in [0.1, 0.15) is 11.3 Å². The highest BCUT2D eigenvalue weighted by Crippen LogP contribution is 2.20. The number of aromatic nitrogens is 4. The molecular formula is C19H17N5O. The molecule has 0 saturated carbocycles. The fraction of sp³-hybridized carbons (Fsp3) is 0.105. The van der Waals surface area contributed by atoms with Crippen LogP contribution in [-0.2, 0) is 6.54 Å². The van der Waals surface area contributed by atoms with Gasteiger partial charge in [-0.05, 0) is 42.8 Å². The summed E-state index contributed by atoms with van der Waals surface area (Å²) in [7, 11) is 0. The van der Waals surface area contributed by atoms with Crippen molar-refractivity contribution < 1.29 is 0 Å². The van der Waals surface area contributed by atoms with Gasteiger partial charge >= 0.3 is 0 Å². The number of nitrogen functional groups attached to an aromatic ring is 1. The van der Waals surface area contributed by atoms with Gasteiger partial charge in [0, 0.05) is 18.0 Å². The first-order chi connectivity index (χ1) is 12.1. The van der Waals surface area contributed by atoms with Crippen molar-refractivity contribution >= 4 is 16.9 Å². The van der Waals surface area contributed by atoms with Crippen LogP contribution >= 0.6 is 0 Å². The van der Waals surface area contributed by atoms with Gasteiger partial charge in [0.2, 0.25) is 0 Å². The molecule has 0 aromatic carbocycles. The Hall–Kier alpha value is -3.41. The van der Waals surface area contributed by atoms with E-state index < -0.39 is 0 Å². The van der Waals surface area contributed by atoms with E-state index in [9.17, 15) is 4.79 Å². The summed E-state index contributed by atoms with van der Waals surface area (Å²) in [5.41, 5.74) is 10.8. The minimum Gasteiger partial charge on any atom is -0.383 e. The molecule has 0 saturated heterocycles. The maximum Gasteiger partial charge on any atom is 0.251 e. The number of nitrogens with zero attached hydrogens (tertiary/aromatic N) is 3. The molecule has 25 heavy (non-hydrogen) atoms. The molecule has 0 atom stereocenters. The van der Waals surface area contributed by atoms with E-state index in [1.807, 2.05) is 43.3 Å². The predicted molar refractivity (Wildman–Crippen MR) is 98.3 cm³/mol. The highest BCUT2D eigenvalue weighted by atomic mass is 16.1. The number of aryl methyl sites for hydroxylation is 1. The highest BCUT2D eigenvalue weighted by Gasteiger charge is 2.10. The van der Waals surface area contributed by atoms with Gasteiger partial charge in [-0.25, -0.2) is 4.98 Å². The molecule has 0 amide bonds. The van der Waals surface area contributed by atoms with Gasteiger partial charge < -0.3 is 15.3 Å². The van der Waals surface area contributed by atoms with Crippen molar-refractivity contribution in [2.24, 2.45) is 0 Å². The first kappa shape index (κ1) is 15.1. The second-order valence-electron chi connectivity index (χ2n) is 5.97. The molecular weight excluding hydrogens is 314 g/mol. The van der Waals surface area contributed by atoms with E-state index in [1.165, 1.54) is 0 Å². The molecule has 4 heterocycles. The number of aromatic amines is 1. The molecule has 4 rings (SSSR count). The number of nitrogens with one attached hydrogen (secondary N) is 1. The van der Waals surface area contributed by atoms with Crippen molar-refractivity contribution in [2.45, 2.75) is 13.5 Å². The number of anilines is 1. The Morgan fingerprint density at radius 3 is 2.84 bits per heavy atom. The van der Waals surface area contributed by atoms with Gasteiger partial charge in [-0.1, -0.05) is 12.1 Å². The number of pyridine rings is 3. The van der Waals surface area contributed by atoms with Crippen LogP contribution in [0.4, 0.5) is 5.82 Å². The van der Waals surface area contributed by atoms with Gasteiger partial charge in [0.15, 0.2) is 0 Å². The predicted octanol–water partition coefficient (Wildman–Crippen LogP) is 2.73. The lowest BCUT2D eigenvalue weighted by Gasteiger charge is -2.11. The molecule has 3 N–H and O–H groups in total. The summed E-state index contributed by atoms with van der Waals surface area (Å²) in [5, 5.41) is 0. The molecule has 6 heteroatoms. The van der Waals surface area contributed by atoms with E-state index in [1.54, 1.807) is 22.9 Å². The summed E-state index contributed by atoms with van der Waals surface area (Å²) in [5.74, 6) is 0.518. The van der Waals surface area contributed by atoms with E-state index in [2.05, 4.69) is 15.0 Å². The van der Waals surface area contributed by atoms with Gasteiger partial charge in [-0.2, -0.15) is 0 Å². The Morgan fingerprint density at radius 2 is 2.04 bits per heavy atom. The van der Waals surface area contributed by atoms with Gasteiger partial charge in [0.1, 0.15) is 5.82 Å². The summed E-state index contributed by atoms with van der Waals surface area (Å²) in [6.45, 7) is 2.32. The Balaban J connectivity index is 1.80. The lowest BCUT2D eigenvalue weighted by atomic mass is 10.2. The van der Waals surface area contributed by atoms with Crippen LogP contribution in [0.25, 0.3) is 22.4 Å². The van der Waals surface area contributed by atoms with Gasteiger partial charge in [-0.15, -0.1) is 0 Å². The van der Waals surface area contributed by atoms with Crippen molar-refractivity contribution in [3.63, 3.8) is 0 Å². The largest absolute Gasteiger partial charge is 0.383 e. The maximum absolute atomic E-state index is 12.4. The highest BCUT2D eigenvalue weighted by molar-refractivity contribution is 5.79. The standard InChI is InChI=1S/C19H17N5O/c1-12-9-15-16(23-19(12)20)10-13(22-15)11-24-17(6-4-7-18(24)25)14-5-2-3-8-21-14/h2-10,22H,11H2,1H3,(H2,20,23). The third-order valence-corrected chi connectivity index (χ3v) is 4.19. The molecule has 0 radical (unpaired) electrons. The Bertz CT molecular complexity index is 1070. The van der Waals surface area contributed by atoms with Crippen molar-refractivity contribution in [1.82, 2.24) is 19.5 Å². The number of hydrogen-bond donors (Lipinski definition) is 2. The van der Waals surface area contributed by atoms with Crippen LogP contribution in [-0.4, -0.2) is 19.5 Å². The zero-order chi connectivity index (χ0) is 17.4. The molecule has 0 bridgehead atoms. The van der Waals surface area contributed by atoms with Crippen LogP contribution in [0.2, 0.25) is 0 Å². The SMILES string of the molecule is Cc1cc2[nH]c(Cn3c(-c4ccccn4)cccc3=O)cc2nc1N. The number of hydrogen-bond acceptors (Lipinski definition) is 4. The molecule has 0 aliphatic heterocycles. The van der Waals surface area contributed by atoms with E-state index in [0.29, 0.717) is 12.4 Å². The normalized spacial score (nSPS) is 11.1. The van der Waals surface area contributed by atoms with Crippen LogP contribution in [0.3, 0.4) is 0 Å². The number of rotatable bonds is 3. The maximum atomic E-state index is 12.4. The monoisotopic (exact) mass is 331 g/mol. The topological polar surface area (TPSA) is 89.6 Å². The molecule has 124 valence electrons. The van der Waals surface area contributed by atoms with E-state index >= 15 is 0 Å². The minimum absolute atomic E-state index is 0.0783. The molecule has 0 unspecified atom stereocenters. The van der Waals surface area contributed by atoms with Crippen molar-refractivity contribution in [3.8, 4) is 11.4 Å². The second-order valence-corrected chi connectivity index (χ2v) is 5.97. The molecule has 0 aliphatic rings. The summed E-state index contributed by atoms with van der Waals surface area (Å²) >= 11 is 0. The van der Waals surface area contributed by atoms with Gasteiger partial charge in [-0.3, -0.25) is 9.78 Å². The Labute approximate surface area is 144 Å². The third-order valence-electron chi connectivity index (χ3n) is 4.19. The first-order valence-corrected chi connectivity index (χ1v) is 7.98. The average molecular weight is 331 g/mol. The Kier molecular flexibility index (Phi) is 3.57. The van der Waals surface area contributed by atoms with Crippen LogP contribution in [0.5, 0.6) is 0 Å². The number of H-pyrrole nitrogens is 1. The van der Waals surface area contributed by atoms with Gasteiger partial charge in [0.25, 0.3) is 5.56 Å². The molecule has 4 aromatic heterocycles. The number of nitrogens with two attached hydrogens (primary N) is 1. The van der Waals surface area contributed by atoms with E-state index in [0.717, 1.165) is 33.7 Å². The van der Waals surface area contributed by atoms with Crippen LogP contribution in [0, 0.1) is 6.92 Å². The number of fused-ring (bicyclic) bond motifs is 1. The zero-order valence-corrected chi connectivity index (χ0v) is 13.7. The molecule has 4 aromatic rings. The van der Waals surface area contributed by atoms with Crippen molar-refractivity contribution in [3.05, 3.63) is 76.3 Å². The van der Waals surface area contributed by atoms with E-state index in [-0.39, 0.29) is 5.56 Å². The third kappa shape index (κ3) is 2.78. The fourth-order valence-corrected chi connectivity index (χ4v) is 2.90. The minimum atomic E-state index is -0.0783.